The molecule has 2 N–H and O–H groups in total. The highest BCUT2D eigenvalue weighted by Gasteiger charge is 2.14. The summed E-state index contributed by atoms with van der Waals surface area (Å²) >= 11 is 0. The maximum absolute atomic E-state index is 11.2. The van der Waals surface area contributed by atoms with Gasteiger partial charge in [-0.25, -0.2) is 0 Å². The highest BCUT2D eigenvalue weighted by Crippen LogP contribution is 2.00. The van der Waals surface area contributed by atoms with E-state index in [0.717, 1.165) is 6.42 Å². The van der Waals surface area contributed by atoms with Crippen LogP contribution < -0.4 is 5.32 Å². The van der Waals surface area contributed by atoms with E-state index in [4.69, 9.17) is 0 Å². The van der Waals surface area contributed by atoms with E-state index in [1.165, 1.54) is 0 Å². The van der Waals surface area contributed by atoms with Crippen molar-refractivity contribution in [2.24, 2.45) is 5.92 Å². The van der Waals surface area contributed by atoms with Crippen LogP contribution in [0.2, 0.25) is 0 Å². The summed E-state index contributed by atoms with van der Waals surface area (Å²) in [6.07, 6.45) is 0.454. The van der Waals surface area contributed by atoms with Gasteiger partial charge in [0, 0.05) is 26.1 Å². The zero-order valence-corrected chi connectivity index (χ0v) is 9.58. The number of carbonyl (C=O) groups excluding carboxylic acids is 1. The van der Waals surface area contributed by atoms with Gasteiger partial charge in [0.05, 0.1) is 6.10 Å². The molecule has 0 aromatic carbocycles. The number of nitrogens with one attached hydrogen (secondary N) is 1. The van der Waals surface area contributed by atoms with Crippen LogP contribution in [0, 0.1) is 5.92 Å². The Balaban J connectivity index is 3.81. The predicted molar refractivity (Wildman–Crippen MR) is 57.0 cm³/mol. The van der Waals surface area contributed by atoms with Gasteiger partial charge in [-0.15, -0.1) is 0 Å². The van der Waals surface area contributed by atoms with E-state index in [1.807, 2.05) is 25.8 Å². The summed E-state index contributed by atoms with van der Waals surface area (Å²) in [4.78, 5) is 13.2. The number of amides is 1. The van der Waals surface area contributed by atoms with Gasteiger partial charge in [-0.1, -0.05) is 13.8 Å². The molecule has 0 spiro atoms. The molecule has 0 aliphatic carbocycles. The van der Waals surface area contributed by atoms with E-state index in [9.17, 15) is 9.90 Å². The van der Waals surface area contributed by atoms with Crippen molar-refractivity contribution in [2.45, 2.75) is 26.4 Å². The van der Waals surface area contributed by atoms with Gasteiger partial charge >= 0.3 is 0 Å². The molecule has 0 bridgehead atoms. The third kappa shape index (κ3) is 5.19. The first kappa shape index (κ1) is 13.4. The van der Waals surface area contributed by atoms with E-state index < -0.39 is 0 Å². The Hall–Kier alpha value is -0.610. The van der Waals surface area contributed by atoms with Gasteiger partial charge < -0.3 is 15.3 Å². The molecule has 0 heterocycles. The molecule has 14 heavy (non-hydrogen) atoms. The van der Waals surface area contributed by atoms with Crippen LogP contribution in [0.3, 0.4) is 0 Å². The lowest BCUT2D eigenvalue weighted by molar-refractivity contribution is -0.124. The lowest BCUT2D eigenvalue weighted by Crippen LogP contribution is -2.37. The van der Waals surface area contributed by atoms with Crippen molar-refractivity contribution in [1.29, 1.82) is 0 Å². The highest BCUT2D eigenvalue weighted by atomic mass is 16.3. The number of likely N-dealkylation sites (N-methyl/N-ethyl adjacent to an activating group) is 1. The number of rotatable bonds is 6. The van der Waals surface area contributed by atoms with Crippen molar-refractivity contribution in [3.05, 3.63) is 0 Å². The fourth-order valence-electron chi connectivity index (χ4n) is 1.36. The number of carbonyl (C=O) groups is 1. The normalized spacial score (nSPS) is 15.3. The second-order valence-electron chi connectivity index (χ2n) is 3.80. The SMILES string of the molecule is CC[C@@H](O)CN(C)CC(C)C(=O)NC. The van der Waals surface area contributed by atoms with Crippen LogP contribution in [0.4, 0.5) is 0 Å². The molecule has 0 aromatic heterocycles. The summed E-state index contributed by atoms with van der Waals surface area (Å²) in [5.41, 5.74) is 0. The molecule has 4 nitrogen and oxygen atoms in total. The van der Waals surface area contributed by atoms with Crippen LogP contribution in [0.15, 0.2) is 0 Å². The summed E-state index contributed by atoms with van der Waals surface area (Å²) in [6, 6.07) is 0. The molecule has 0 aromatic rings. The number of nitrogens with zero attached hydrogens (tertiary/aromatic N) is 1. The predicted octanol–water partition coefficient (Wildman–Crippen LogP) is 0.0712. The molecule has 0 rings (SSSR count). The zero-order valence-electron chi connectivity index (χ0n) is 9.58. The van der Waals surface area contributed by atoms with E-state index >= 15 is 0 Å². The Morgan fingerprint density at radius 1 is 1.50 bits per heavy atom. The minimum atomic E-state index is -0.295. The van der Waals surface area contributed by atoms with Gasteiger partial charge in [0.1, 0.15) is 0 Å². The lowest BCUT2D eigenvalue weighted by atomic mass is 10.1. The summed E-state index contributed by atoms with van der Waals surface area (Å²) in [7, 11) is 3.55. The van der Waals surface area contributed by atoms with Crippen LogP contribution in [-0.2, 0) is 4.79 Å². The average molecular weight is 202 g/mol. The average Bonchev–Trinajstić information content (AvgIpc) is 2.15. The van der Waals surface area contributed by atoms with Crippen molar-refractivity contribution in [3.8, 4) is 0 Å². The Kier molecular flexibility index (Phi) is 6.49. The summed E-state index contributed by atoms with van der Waals surface area (Å²) < 4.78 is 0. The maximum atomic E-state index is 11.2. The molecular formula is C10H22N2O2. The van der Waals surface area contributed by atoms with Gasteiger partial charge in [0.2, 0.25) is 5.91 Å². The van der Waals surface area contributed by atoms with E-state index in [1.54, 1.807) is 7.05 Å². The lowest BCUT2D eigenvalue weighted by Gasteiger charge is -2.22. The molecule has 1 amide bonds. The van der Waals surface area contributed by atoms with Crippen molar-refractivity contribution >= 4 is 5.91 Å². The van der Waals surface area contributed by atoms with E-state index in [-0.39, 0.29) is 17.9 Å². The van der Waals surface area contributed by atoms with Crippen molar-refractivity contribution < 1.29 is 9.90 Å². The molecule has 0 saturated heterocycles. The molecule has 0 saturated carbocycles. The maximum Gasteiger partial charge on any atom is 0.223 e. The first-order valence-corrected chi connectivity index (χ1v) is 5.09. The van der Waals surface area contributed by atoms with Crippen molar-refractivity contribution in [3.63, 3.8) is 0 Å². The fraction of sp³-hybridized carbons (Fsp3) is 0.900. The van der Waals surface area contributed by atoms with Gasteiger partial charge in [0.15, 0.2) is 0 Å². The van der Waals surface area contributed by atoms with Crippen molar-refractivity contribution in [2.75, 3.05) is 27.2 Å². The highest BCUT2D eigenvalue weighted by molar-refractivity contribution is 5.78. The number of aliphatic hydroxyl groups is 1. The molecule has 0 aliphatic heterocycles. The van der Waals surface area contributed by atoms with Crippen LogP contribution >= 0.6 is 0 Å². The van der Waals surface area contributed by atoms with Gasteiger partial charge in [0.25, 0.3) is 0 Å². The smallest absolute Gasteiger partial charge is 0.223 e. The number of aliphatic hydroxyl groups excluding tert-OH is 1. The number of hydrogen-bond acceptors (Lipinski definition) is 3. The van der Waals surface area contributed by atoms with E-state index in [0.29, 0.717) is 13.1 Å². The van der Waals surface area contributed by atoms with Crippen LogP contribution in [0.5, 0.6) is 0 Å². The zero-order chi connectivity index (χ0) is 11.1. The largest absolute Gasteiger partial charge is 0.392 e. The monoisotopic (exact) mass is 202 g/mol. The Morgan fingerprint density at radius 2 is 2.07 bits per heavy atom. The molecular weight excluding hydrogens is 180 g/mol. The fourth-order valence-corrected chi connectivity index (χ4v) is 1.36. The third-order valence-electron chi connectivity index (χ3n) is 2.27. The standard InChI is InChI=1S/C10H22N2O2/c1-5-9(13)7-12(4)6-8(2)10(14)11-3/h8-9,13H,5-7H2,1-4H3,(H,11,14)/t8?,9-/m1/s1. The minimum absolute atomic E-state index is 0.0333. The second-order valence-corrected chi connectivity index (χ2v) is 3.80. The van der Waals surface area contributed by atoms with E-state index in [2.05, 4.69) is 5.32 Å². The quantitative estimate of drug-likeness (QED) is 0.641. The Bertz CT molecular complexity index is 174. The van der Waals surface area contributed by atoms with Crippen LogP contribution in [-0.4, -0.2) is 49.2 Å². The summed E-state index contributed by atoms with van der Waals surface area (Å²) in [6.45, 7) is 5.13. The first-order valence-electron chi connectivity index (χ1n) is 5.09. The molecule has 84 valence electrons. The molecule has 4 heteroatoms. The minimum Gasteiger partial charge on any atom is -0.392 e. The van der Waals surface area contributed by atoms with Crippen LogP contribution in [0.1, 0.15) is 20.3 Å². The van der Waals surface area contributed by atoms with Gasteiger partial charge in [-0.05, 0) is 13.5 Å². The molecule has 2 atom stereocenters. The first-order chi connectivity index (χ1) is 6.51. The molecule has 0 aliphatic rings. The topological polar surface area (TPSA) is 52.6 Å². The second kappa shape index (κ2) is 6.79. The molecule has 0 fully saturated rings. The Labute approximate surface area is 86.3 Å². The van der Waals surface area contributed by atoms with Crippen LogP contribution in [0.25, 0.3) is 0 Å². The van der Waals surface area contributed by atoms with Gasteiger partial charge in [-0.3, -0.25) is 4.79 Å². The molecule has 0 radical (unpaired) electrons. The Morgan fingerprint density at radius 3 is 2.50 bits per heavy atom. The molecule has 1 unspecified atom stereocenters. The van der Waals surface area contributed by atoms with Crippen molar-refractivity contribution in [1.82, 2.24) is 10.2 Å². The summed E-state index contributed by atoms with van der Waals surface area (Å²) in [5.74, 6) is 0.0110. The third-order valence-corrected chi connectivity index (χ3v) is 2.27. The van der Waals surface area contributed by atoms with Gasteiger partial charge in [-0.2, -0.15) is 0 Å². The number of hydrogen-bond donors (Lipinski definition) is 2. The summed E-state index contributed by atoms with van der Waals surface area (Å²) in [5, 5.41) is 12.0.